The van der Waals surface area contributed by atoms with Crippen LogP contribution in [0.15, 0.2) is 30.5 Å². The summed E-state index contributed by atoms with van der Waals surface area (Å²) in [5, 5.41) is 1.07. The van der Waals surface area contributed by atoms with E-state index in [9.17, 15) is 4.79 Å². The highest BCUT2D eigenvalue weighted by atomic mass is 16.2. The number of hydrogen-bond acceptors (Lipinski definition) is 2. The summed E-state index contributed by atoms with van der Waals surface area (Å²) in [7, 11) is 5.85. The maximum atomic E-state index is 12.4. The molecule has 0 aliphatic carbocycles. The Balaban J connectivity index is 2.20. The van der Waals surface area contributed by atoms with Gasteiger partial charge in [0, 0.05) is 31.7 Å². The van der Waals surface area contributed by atoms with Gasteiger partial charge in [-0.3, -0.25) is 4.79 Å². The zero-order chi connectivity index (χ0) is 13.1. The molecule has 2 aromatic rings. The van der Waals surface area contributed by atoms with Gasteiger partial charge in [-0.25, -0.2) is 0 Å². The van der Waals surface area contributed by atoms with E-state index >= 15 is 0 Å². The van der Waals surface area contributed by atoms with Crippen molar-refractivity contribution in [1.29, 1.82) is 0 Å². The van der Waals surface area contributed by atoms with Crippen LogP contribution in [-0.2, 0) is 0 Å². The summed E-state index contributed by atoms with van der Waals surface area (Å²) in [6, 6.07) is 7.77. The Hall–Kier alpha value is -1.81. The molecular formula is C14H19N3O. The lowest BCUT2D eigenvalue weighted by Gasteiger charge is -2.20. The first-order valence-electron chi connectivity index (χ1n) is 6.06. The highest BCUT2D eigenvalue weighted by molar-refractivity contribution is 6.05. The molecule has 4 nitrogen and oxygen atoms in total. The largest absolute Gasteiger partial charge is 0.361 e. The molecule has 0 saturated carbocycles. The summed E-state index contributed by atoms with van der Waals surface area (Å²) < 4.78 is 0. The molecule has 1 amide bonds. The third kappa shape index (κ3) is 2.54. The van der Waals surface area contributed by atoms with Gasteiger partial charge >= 0.3 is 0 Å². The minimum atomic E-state index is 0.0601. The molecule has 0 saturated heterocycles. The van der Waals surface area contributed by atoms with E-state index in [1.165, 1.54) is 0 Å². The van der Waals surface area contributed by atoms with E-state index in [4.69, 9.17) is 0 Å². The second-order valence-corrected chi connectivity index (χ2v) is 4.78. The predicted molar refractivity (Wildman–Crippen MR) is 73.8 cm³/mol. The molecule has 1 aromatic heterocycles. The first kappa shape index (κ1) is 12.6. The topological polar surface area (TPSA) is 39.3 Å². The molecule has 0 unspecified atom stereocenters. The smallest absolute Gasteiger partial charge is 0.255 e. The Kier molecular flexibility index (Phi) is 3.67. The molecule has 18 heavy (non-hydrogen) atoms. The van der Waals surface area contributed by atoms with Gasteiger partial charge in [-0.1, -0.05) is 12.1 Å². The van der Waals surface area contributed by atoms with Crippen LogP contribution in [-0.4, -0.2) is 54.9 Å². The lowest BCUT2D eigenvalue weighted by molar-refractivity contribution is 0.0788. The Bertz CT molecular complexity index is 545. The van der Waals surface area contributed by atoms with Crippen molar-refractivity contribution in [3.63, 3.8) is 0 Å². The number of carbonyl (C=O) groups excluding carboxylic acids is 1. The molecule has 0 aliphatic rings. The van der Waals surface area contributed by atoms with Crippen LogP contribution in [0, 0.1) is 0 Å². The summed E-state index contributed by atoms with van der Waals surface area (Å²) in [5.41, 5.74) is 1.65. The summed E-state index contributed by atoms with van der Waals surface area (Å²) in [5.74, 6) is 0.0601. The van der Waals surface area contributed by atoms with Crippen LogP contribution >= 0.6 is 0 Å². The van der Waals surface area contributed by atoms with Crippen molar-refractivity contribution < 1.29 is 4.79 Å². The molecule has 2 rings (SSSR count). The Morgan fingerprint density at radius 1 is 1.17 bits per heavy atom. The number of fused-ring (bicyclic) bond motifs is 1. The standard InChI is InChI=1S/C14H19N3O/c1-16(2)9-10-17(3)14(18)12-6-4-5-11-7-8-15-13(11)12/h4-8,15H,9-10H2,1-3H3. The van der Waals surface area contributed by atoms with Gasteiger partial charge in [0.1, 0.15) is 0 Å². The van der Waals surface area contributed by atoms with Gasteiger partial charge in [0.2, 0.25) is 0 Å². The molecule has 96 valence electrons. The zero-order valence-electron chi connectivity index (χ0n) is 11.1. The number of benzene rings is 1. The number of aromatic nitrogens is 1. The number of aromatic amines is 1. The molecule has 1 N–H and O–H groups in total. The SMILES string of the molecule is CN(C)CCN(C)C(=O)c1cccc2cc[nH]c12. The van der Waals surface area contributed by atoms with Gasteiger partial charge in [0.25, 0.3) is 5.91 Å². The highest BCUT2D eigenvalue weighted by Crippen LogP contribution is 2.18. The van der Waals surface area contributed by atoms with Crippen molar-refractivity contribution in [2.45, 2.75) is 0 Å². The van der Waals surface area contributed by atoms with E-state index in [0.29, 0.717) is 0 Å². The van der Waals surface area contributed by atoms with Crippen LogP contribution in [0.4, 0.5) is 0 Å². The molecule has 1 heterocycles. The van der Waals surface area contributed by atoms with Crippen LogP contribution in [0.5, 0.6) is 0 Å². The van der Waals surface area contributed by atoms with E-state index < -0.39 is 0 Å². The number of nitrogens with one attached hydrogen (secondary N) is 1. The van der Waals surface area contributed by atoms with E-state index in [-0.39, 0.29) is 5.91 Å². The maximum absolute atomic E-state index is 12.4. The van der Waals surface area contributed by atoms with Gasteiger partial charge in [0.15, 0.2) is 0 Å². The van der Waals surface area contributed by atoms with Gasteiger partial charge in [-0.05, 0) is 26.2 Å². The number of para-hydroxylation sites is 1. The van der Waals surface area contributed by atoms with Crippen LogP contribution < -0.4 is 0 Å². The zero-order valence-corrected chi connectivity index (χ0v) is 11.1. The summed E-state index contributed by atoms with van der Waals surface area (Å²) in [4.78, 5) is 19.3. The Morgan fingerprint density at radius 3 is 2.67 bits per heavy atom. The predicted octanol–water partition coefficient (Wildman–Crippen LogP) is 1.80. The number of H-pyrrole nitrogens is 1. The molecule has 0 spiro atoms. The van der Waals surface area contributed by atoms with E-state index in [0.717, 1.165) is 29.6 Å². The van der Waals surface area contributed by atoms with E-state index in [1.54, 1.807) is 4.90 Å². The van der Waals surface area contributed by atoms with E-state index in [1.807, 2.05) is 51.6 Å². The van der Waals surface area contributed by atoms with Gasteiger partial charge in [0.05, 0.1) is 11.1 Å². The lowest BCUT2D eigenvalue weighted by Crippen LogP contribution is -2.33. The lowest BCUT2D eigenvalue weighted by atomic mass is 10.1. The molecule has 0 bridgehead atoms. The normalized spacial score (nSPS) is 11.1. The second-order valence-electron chi connectivity index (χ2n) is 4.78. The summed E-state index contributed by atoms with van der Waals surface area (Å²) >= 11 is 0. The molecular weight excluding hydrogens is 226 g/mol. The van der Waals surface area contributed by atoms with Gasteiger partial charge in [-0.15, -0.1) is 0 Å². The van der Waals surface area contributed by atoms with Gasteiger partial charge < -0.3 is 14.8 Å². The van der Waals surface area contributed by atoms with Crippen LogP contribution in [0.3, 0.4) is 0 Å². The molecule has 0 atom stereocenters. The van der Waals surface area contributed by atoms with Crippen molar-refractivity contribution in [2.75, 3.05) is 34.2 Å². The third-order valence-corrected chi connectivity index (χ3v) is 3.05. The Morgan fingerprint density at radius 2 is 1.94 bits per heavy atom. The number of carbonyl (C=O) groups is 1. The van der Waals surface area contributed by atoms with Gasteiger partial charge in [-0.2, -0.15) is 0 Å². The fourth-order valence-corrected chi connectivity index (χ4v) is 1.92. The minimum Gasteiger partial charge on any atom is -0.361 e. The monoisotopic (exact) mass is 245 g/mol. The number of amides is 1. The molecule has 4 heteroatoms. The first-order chi connectivity index (χ1) is 8.59. The van der Waals surface area contributed by atoms with E-state index in [2.05, 4.69) is 9.88 Å². The Labute approximate surface area is 107 Å². The number of likely N-dealkylation sites (N-methyl/N-ethyl adjacent to an activating group) is 2. The van der Waals surface area contributed by atoms with Crippen LogP contribution in [0.25, 0.3) is 10.9 Å². The van der Waals surface area contributed by atoms with Crippen molar-refractivity contribution in [3.8, 4) is 0 Å². The minimum absolute atomic E-state index is 0.0601. The highest BCUT2D eigenvalue weighted by Gasteiger charge is 2.14. The first-order valence-corrected chi connectivity index (χ1v) is 6.06. The van der Waals surface area contributed by atoms with Crippen molar-refractivity contribution in [2.24, 2.45) is 0 Å². The fourth-order valence-electron chi connectivity index (χ4n) is 1.92. The molecule has 0 aliphatic heterocycles. The third-order valence-electron chi connectivity index (χ3n) is 3.05. The fraction of sp³-hybridized carbons (Fsp3) is 0.357. The average Bonchev–Trinajstić information content (AvgIpc) is 2.82. The summed E-state index contributed by atoms with van der Waals surface area (Å²) in [6.45, 7) is 1.59. The van der Waals surface area contributed by atoms with Crippen molar-refractivity contribution >= 4 is 16.8 Å². The average molecular weight is 245 g/mol. The maximum Gasteiger partial charge on any atom is 0.255 e. The molecule has 1 aromatic carbocycles. The quantitative estimate of drug-likeness (QED) is 0.892. The molecule has 0 radical (unpaired) electrons. The van der Waals surface area contributed by atoms with Crippen LogP contribution in [0.2, 0.25) is 0 Å². The number of nitrogens with zero attached hydrogens (tertiary/aromatic N) is 2. The summed E-state index contributed by atoms with van der Waals surface area (Å²) in [6.07, 6.45) is 1.86. The number of hydrogen-bond donors (Lipinski definition) is 1. The molecule has 0 fully saturated rings. The van der Waals surface area contributed by atoms with Crippen molar-refractivity contribution in [3.05, 3.63) is 36.0 Å². The number of rotatable bonds is 4. The second kappa shape index (κ2) is 5.23. The van der Waals surface area contributed by atoms with Crippen LogP contribution in [0.1, 0.15) is 10.4 Å². The van der Waals surface area contributed by atoms with Crippen molar-refractivity contribution in [1.82, 2.24) is 14.8 Å².